The quantitative estimate of drug-likeness (QED) is 0.528. The Hall–Kier alpha value is -3.31. The number of rotatable bonds is 7. The first kappa shape index (κ1) is 21.9. The Labute approximate surface area is 190 Å². The maximum atomic E-state index is 13.5. The van der Waals surface area contributed by atoms with E-state index in [1.54, 1.807) is 14.2 Å². The van der Waals surface area contributed by atoms with Crippen LogP contribution in [0.15, 0.2) is 78.9 Å². The molecule has 166 valence electrons. The van der Waals surface area contributed by atoms with Crippen LogP contribution in [0.5, 0.6) is 11.5 Å². The molecule has 1 saturated heterocycles. The molecule has 3 aromatic rings. The molecule has 0 spiro atoms. The van der Waals surface area contributed by atoms with Crippen molar-refractivity contribution < 1.29 is 14.3 Å². The van der Waals surface area contributed by atoms with Crippen LogP contribution in [0, 0.1) is 0 Å². The second kappa shape index (κ2) is 10.3. The minimum atomic E-state index is 0.0457. The van der Waals surface area contributed by atoms with Gasteiger partial charge in [-0.3, -0.25) is 9.69 Å². The third-order valence-corrected chi connectivity index (χ3v) is 6.08. The largest absolute Gasteiger partial charge is 0.497 e. The molecule has 0 radical (unpaired) electrons. The number of ether oxygens (including phenoxy) is 2. The maximum Gasteiger partial charge on any atom is 0.258 e. The summed E-state index contributed by atoms with van der Waals surface area (Å²) in [5, 5.41) is 0. The van der Waals surface area contributed by atoms with E-state index in [0.29, 0.717) is 5.56 Å². The van der Waals surface area contributed by atoms with E-state index >= 15 is 0 Å². The van der Waals surface area contributed by atoms with E-state index in [4.69, 9.17) is 9.47 Å². The van der Waals surface area contributed by atoms with Crippen LogP contribution in [0.2, 0.25) is 0 Å². The van der Waals surface area contributed by atoms with E-state index in [1.165, 1.54) is 5.56 Å². The summed E-state index contributed by atoms with van der Waals surface area (Å²) in [7, 11) is 3.34. The lowest BCUT2D eigenvalue weighted by molar-refractivity contribution is 0.0958. The van der Waals surface area contributed by atoms with Gasteiger partial charge in [-0.2, -0.15) is 0 Å². The van der Waals surface area contributed by atoms with Crippen LogP contribution in [0.3, 0.4) is 0 Å². The lowest BCUT2D eigenvalue weighted by Crippen LogP contribution is -2.47. The molecule has 0 aromatic heterocycles. The lowest BCUT2D eigenvalue weighted by atomic mass is 10.00. The lowest BCUT2D eigenvalue weighted by Gasteiger charge is -2.38. The number of likely N-dealkylation sites (tertiary alicyclic amines) is 1. The van der Waals surface area contributed by atoms with Crippen molar-refractivity contribution >= 4 is 11.6 Å². The number of benzene rings is 3. The highest BCUT2D eigenvalue weighted by molar-refractivity contribution is 6.06. The molecule has 0 atom stereocenters. The maximum absolute atomic E-state index is 13.5. The molecule has 5 nitrogen and oxygen atoms in total. The van der Waals surface area contributed by atoms with E-state index in [9.17, 15) is 4.79 Å². The summed E-state index contributed by atoms with van der Waals surface area (Å²) in [5.74, 6) is 1.71. The molecule has 1 fully saturated rings. The van der Waals surface area contributed by atoms with Gasteiger partial charge >= 0.3 is 0 Å². The number of hydrogen-bond acceptors (Lipinski definition) is 4. The zero-order chi connectivity index (χ0) is 22.3. The van der Waals surface area contributed by atoms with Gasteiger partial charge in [-0.05, 0) is 66.9 Å². The Morgan fingerprint density at radius 3 is 1.97 bits per heavy atom. The van der Waals surface area contributed by atoms with Gasteiger partial charge in [0.25, 0.3) is 5.91 Å². The first-order chi connectivity index (χ1) is 15.7. The average molecular weight is 431 g/mol. The van der Waals surface area contributed by atoms with Crippen molar-refractivity contribution in [3.05, 3.63) is 90.0 Å². The Morgan fingerprint density at radius 2 is 1.41 bits per heavy atom. The highest BCUT2D eigenvalue weighted by Gasteiger charge is 2.30. The summed E-state index contributed by atoms with van der Waals surface area (Å²) in [4.78, 5) is 17.9. The van der Waals surface area contributed by atoms with E-state index < -0.39 is 0 Å². The van der Waals surface area contributed by atoms with E-state index in [-0.39, 0.29) is 11.9 Å². The van der Waals surface area contributed by atoms with Crippen LogP contribution in [-0.2, 0) is 6.54 Å². The van der Waals surface area contributed by atoms with Crippen LogP contribution in [-0.4, -0.2) is 44.2 Å². The fourth-order valence-electron chi connectivity index (χ4n) is 4.28. The molecule has 0 aliphatic carbocycles. The average Bonchev–Trinajstić information content (AvgIpc) is 2.86. The fourth-order valence-corrected chi connectivity index (χ4v) is 4.28. The van der Waals surface area contributed by atoms with Crippen molar-refractivity contribution in [3.8, 4) is 11.5 Å². The van der Waals surface area contributed by atoms with Gasteiger partial charge in [0.1, 0.15) is 11.5 Å². The number of hydrogen-bond donors (Lipinski definition) is 0. The van der Waals surface area contributed by atoms with Crippen LogP contribution >= 0.6 is 0 Å². The predicted octanol–water partition coefficient (Wildman–Crippen LogP) is 5.02. The SMILES string of the molecule is COc1ccc(CN2CCC(N(C(=O)c3ccccc3)c3ccc(OC)cc3)CC2)cc1. The van der Waals surface area contributed by atoms with Crippen molar-refractivity contribution in [1.82, 2.24) is 4.90 Å². The van der Waals surface area contributed by atoms with Crippen molar-refractivity contribution in [1.29, 1.82) is 0 Å². The molecule has 5 heteroatoms. The number of amides is 1. The second-order valence-corrected chi connectivity index (χ2v) is 8.09. The number of carbonyl (C=O) groups is 1. The molecule has 0 saturated carbocycles. The highest BCUT2D eigenvalue weighted by atomic mass is 16.5. The Kier molecular flexibility index (Phi) is 7.07. The molecule has 32 heavy (non-hydrogen) atoms. The molecule has 0 bridgehead atoms. The van der Waals surface area contributed by atoms with Crippen LogP contribution in [0.4, 0.5) is 5.69 Å². The molecule has 1 aliphatic rings. The minimum Gasteiger partial charge on any atom is -0.497 e. The van der Waals surface area contributed by atoms with Gasteiger partial charge in [-0.25, -0.2) is 0 Å². The number of carbonyl (C=O) groups excluding carboxylic acids is 1. The molecule has 1 amide bonds. The highest BCUT2D eigenvalue weighted by Crippen LogP contribution is 2.28. The Morgan fingerprint density at radius 1 is 0.844 bits per heavy atom. The summed E-state index contributed by atoms with van der Waals surface area (Å²) < 4.78 is 10.6. The monoisotopic (exact) mass is 430 g/mol. The van der Waals surface area contributed by atoms with E-state index in [2.05, 4.69) is 17.0 Å². The number of anilines is 1. The first-order valence-electron chi connectivity index (χ1n) is 11.1. The topological polar surface area (TPSA) is 42.0 Å². The van der Waals surface area contributed by atoms with Gasteiger partial charge in [-0.15, -0.1) is 0 Å². The summed E-state index contributed by atoms with van der Waals surface area (Å²) in [6, 6.07) is 25.7. The molecular weight excluding hydrogens is 400 g/mol. The van der Waals surface area contributed by atoms with Gasteiger partial charge in [0.15, 0.2) is 0 Å². The molecule has 3 aromatic carbocycles. The van der Waals surface area contributed by atoms with Crippen molar-refractivity contribution in [2.45, 2.75) is 25.4 Å². The smallest absolute Gasteiger partial charge is 0.258 e. The summed E-state index contributed by atoms with van der Waals surface area (Å²) in [6.07, 6.45) is 1.86. The molecule has 1 aliphatic heterocycles. The molecular formula is C27H30N2O3. The minimum absolute atomic E-state index is 0.0457. The molecule has 4 rings (SSSR count). The van der Waals surface area contributed by atoms with E-state index in [1.807, 2.05) is 71.6 Å². The molecule has 1 heterocycles. The zero-order valence-corrected chi connectivity index (χ0v) is 18.7. The predicted molar refractivity (Wildman–Crippen MR) is 128 cm³/mol. The molecule has 0 N–H and O–H groups in total. The zero-order valence-electron chi connectivity index (χ0n) is 18.7. The number of nitrogens with zero attached hydrogens (tertiary/aromatic N) is 2. The molecule has 0 unspecified atom stereocenters. The number of methoxy groups -OCH3 is 2. The van der Waals surface area contributed by atoms with Crippen LogP contribution in [0.1, 0.15) is 28.8 Å². The number of piperidine rings is 1. The Balaban J connectivity index is 1.48. The van der Waals surface area contributed by atoms with Crippen molar-refractivity contribution in [3.63, 3.8) is 0 Å². The normalized spacial score (nSPS) is 14.7. The standard InChI is InChI=1S/C27H30N2O3/c1-31-25-12-8-21(9-13-25)20-28-18-16-24(17-19-28)29(23-10-14-26(32-2)15-11-23)27(30)22-6-4-3-5-7-22/h3-15,24H,16-20H2,1-2H3. The summed E-state index contributed by atoms with van der Waals surface area (Å²) in [6.45, 7) is 2.81. The third-order valence-electron chi connectivity index (χ3n) is 6.08. The van der Waals surface area contributed by atoms with Gasteiger partial charge in [0.2, 0.25) is 0 Å². The van der Waals surface area contributed by atoms with Gasteiger partial charge in [0, 0.05) is 36.9 Å². The first-order valence-corrected chi connectivity index (χ1v) is 11.1. The Bertz CT molecular complexity index is 995. The van der Waals surface area contributed by atoms with E-state index in [0.717, 1.165) is 49.7 Å². The van der Waals surface area contributed by atoms with Gasteiger partial charge < -0.3 is 14.4 Å². The van der Waals surface area contributed by atoms with Crippen molar-refractivity contribution in [2.75, 3.05) is 32.2 Å². The summed E-state index contributed by atoms with van der Waals surface area (Å²) in [5.41, 5.74) is 2.90. The van der Waals surface area contributed by atoms with Crippen LogP contribution < -0.4 is 14.4 Å². The third kappa shape index (κ3) is 5.11. The van der Waals surface area contributed by atoms with Crippen LogP contribution in [0.25, 0.3) is 0 Å². The second-order valence-electron chi connectivity index (χ2n) is 8.09. The van der Waals surface area contributed by atoms with Crippen molar-refractivity contribution in [2.24, 2.45) is 0 Å². The van der Waals surface area contributed by atoms with Gasteiger partial charge in [0.05, 0.1) is 14.2 Å². The fraction of sp³-hybridized carbons (Fsp3) is 0.296. The van der Waals surface area contributed by atoms with Gasteiger partial charge in [-0.1, -0.05) is 30.3 Å². The summed E-state index contributed by atoms with van der Waals surface area (Å²) >= 11 is 0.